The molecule has 6 aromatic carbocycles. The van der Waals surface area contributed by atoms with Crippen LogP contribution in [0.4, 0.5) is 0 Å². The Hall–Kier alpha value is -5.61. The zero-order valence-electron chi connectivity index (χ0n) is 22.0. The van der Waals surface area contributed by atoms with E-state index in [1.807, 2.05) is 18.2 Å². The zero-order chi connectivity index (χ0) is 26.9. The molecule has 0 spiro atoms. The van der Waals surface area contributed by atoms with E-state index in [2.05, 4.69) is 114 Å². The molecule has 4 heteroatoms. The van der Waals surface area contributed by atoms with E-state index in [0.29, 0.717) is 17.5 Å². The van der Waals surface area contributed by atoms with E-state index in [9.17, 15) is 0 Å². The predicted octanol–water partition coefficient (Wildman–Crippen LogP) is 9.31. The molecule has 2 heterocycles. The molecule has 2 aromatic heterocycles. The van der Waals surface area contributed by atoms with Crippen LogP contribution in [0.15, 0.2) is 127 Å². The third-order valence-electron chi connectivity index (χ3n) is 8.23. The van der Waals surface area contributed by atoms with Gasteiger partial charge in [-0.15, -0.1) is 0 Å². The molecule has 0 bridgehead atoms. The van der Waals surface area contributed by atoms with Crippen molar-refractivity contribution in [3.05, 3.63) is 127 Å². The number of hydrogen-bond acceptors (Lipinski definition) is 3. The maximum Gasteiger partial charge on any atom is 0.164 e. The Labute approximate surface area is 236 Å². The molecule has 41 heavy (non-hydrogen) atoms. The lowest BCUT2D eigenvalue weighted by atomic mass is 9.98. The highest BCUT2D eigenvalue weighted by Crippen LogP contribution is 2.49. The van der Waals surface area contributed by atoms with Gasteiger partial charge < -0.3 is 4.98 Å². The number of benzene rings is 6. The standard InChI is InChI=1S/C37H22N4/c1-2-10-22(11-3-1)35-39-36(28-21-20-27-24-13-5-4-12-23(24)25-15-8-16-26(28)33(25)27)41-37(40-35)30-17-9-19-32-34(30)29-14-6-7-18-31(29)38-32/h1-21,38H. The summed E-state index contributed by atoms with van der Waals surface area (Å²) in [5, 5.41) is 4.69. The largest absolute Gasteiger partial charge is 0.354 e. The molecule has 0 radical (unpaired) electrons. The predicted molar refractivity (Wildman–Crippen MR) is 167 cm³/mol. The summed E-state index contributed by atoms with van der Waals surface area (Å²) in [5.74, 6) is 2.00. The minimum absolute atomic E-state index is 0.661. The van der Waals surface area contributed by atoms with Gasteiger partial charge in [0.2, 0.25) is 0 Å². The van der Waals surface area contributed by atoms with Gasteiger partial charge in [0, 0.05) is 38.5 Å². The van der Waals surface area contributed by atoms with E-state index in [1.165, 1.54) is 27.6 Å². The molecule has 0 fully saturated rings. The van der Waals surface area contributed by atoms with Crippen LogP contribution < -0.4 is 0 Å². The van der Waals surface area contributed by atoms with Gasteiger partial charge >= 0.3 is 0 Å². The first-order valence-electron chi connectivity index (χ1n) is 13.8. The minimum Gasteiger partial charge on any atom is -0.354 e. The SMILES string of the molecule is c1ccc(-c2nc(-c3ccc4c5c(cccc35)-c3ccccc3-4)nc(-c3cccc4[nH]c5ccccc5c34)n2)cc1. The summed E-state index contributed by atoms with van der Waals surface area (Å²) in [6.07, 6.45) is 0. The summed E-state index contributed by atoms with van der Waals surface area (Å²) < 4.78 is 0. The summed E-state index contributed by atoms with van der Waals surface area (Å²) >= 11 is 0. The Morgan fingerprint density at radius 1 is 0.341 bits per heavy atom. The van der Waals surface area contributed by atoms with Crippen molar-refractivity contribution in [3.8, 4) is 56.4 Å². The maximum atomic E-state index is 5.18. The number of para-hydroxylation sites is 1. The lowest BCUT2D eigenvalue weighted by molar-refractivity contribution is 1.08. The Morgan fingerprint density at radius 2 is 0.902 bits per heavy atom. The van der Waals surface area contributed by atoms with Gasteiger partial charge in [-0.1, -0.05) is 109 Å². The topological polar surface area (TPSA) is 54.5 Å². The van der Waals surface area contributed by atoms with Gasteiger partial charge in [0.05, 0.1) is 0 Å². The van der Waals surface area contributed by atoms with Gasteiger partial charge in [-0.05, 0) is 51.2 Å². The lowest BCUT2D eigenvalue weighted by Crippen LogP contribution is -2.01. The molecule has 0 aliphatic heterocycles. The fraction of sp³-hybridized carbons (Fsp3) is 0. The Kier molecular flexibility index (Phi) is 4.58. The summed E-state index contributed by atoms with van der Waals surface area (Å²) in [6, 6.07) is 44.4. The number of H-pyrrole nitrogens is 1. The van der Waals surface area contributed by atoms with Gasteiger partial charge in [0.15, 0.2) is 17.5 Å². The summed E-state index contributed by atoms with van der Waals surface area (Å²) in [6.45, 7) is 0. The van der Waals surface area contributed by atoms with Crippen LogP contribution in [0.5, 0.6) is 0 Å². The van der Waals surface area contributed by atoms with Crippen molar-refractivity contribution in [2.75, 3.05) is 0 Å². The lowest BCUT2D eigenvalue weighted by Gasteiger charge is -2.12. The van der Waals surface area contributed by atoms with Gasteiger partial charge in [0.25, 0.3) is 0 Å². The number of nitrogens with one attached hydrogen (secondary N) is 1. The van der Waals surface area contributed by atoms with Crippen molar-refractivity contribution in [2.24, 2.45) is 0 Å². The van der Waals surface area contributed by atoms with Crippen molar-refractivity contribution in [1.82, 2.24) is 19.9 Å². The fourth-order valence-corrected chi connectivity index (χ4v) is 6.42. The molecule has 0 saturated carbocycles. The van der Waals surface area contributed by atoms with Crippen molar-refractivity contribution in [1.29, 1.82) is 0 Å². The Morgan fingerprint density at radius 3 is 1.76 bits per heavy atom. The maximum absolute atomic E-state index is 5.18. The van der Waals surface area contributed by atoms with Crippen molar-refractivity contribution in [3.63, 3.8) is 0 Å². The Bertz CT molecular complexity index is 2290. The van der Waals surface area contributed by atoms with Crippen LogP contribution in [0, 0.1) is 0 Å². The third-order valence-corrected chi connectivity index (χ3v) is 8.23. The average Bonchev–Trinajstić information content (AvgIpc) is 3.59. The molecule has 0 atom stereocenters. The summed E-state index contributed by atoms with van der Waals surface area (Å²) in [7, 11) is 0. The van der Waals surface area contributed by atoms with Crippen LogP contribution >= 0.6 is 0 Å². The molecule has 1 aliphatic rings. The van der Waals surface area contributed by atoms with Crippen molar-refractivity contribution in [2.45, 2.75) is 0 Å². The average molecular weight is 523 g/mol. The van der Waals surface area contributed by atoms with Crippen LogP contribution in [-0.4, -0.2) is 19.9 Å². The van der Waals surface area contributed by atoms with Crippen molar-refractivity contribution >= 4 is 32.6 Å². The molecule has 4 nitrogen and oxygen atoms in total. The van der Waals surface area contributed by atoms with Crippen LogP contribution in [0.1, 0.15) is 0 Å². The number of aromatic nitrogens is 4. The molecule has 0 unspecified atom stereocenters. The Balaban J connectivity index is 1.34. The highest BCUT2D eigenvalue weighted by molar-refractivity contribution is 6.18. The van der Waals surface area contributed by atoms with E-state index in [0.717, 1.165) is 43.9 Å². The minimum atomic E-state index is 0.661. The number of hydrogen-bond donors (Lipinski definition) is 1. The molecule has 0 saturated heterocycles. The summed E-state index contributed by atoms with van der Waals surface area (Å²) in [4.78, 5) is 18.9. The monoisotopic (exact) mass is 522 g/mol. The van der Waals surface area contributed by atoms with E-state index in [-0.39, 0.29) is 0 Å². The zero-order valence-corrected chi connectivity index (χ0v) is 22.0. The van der Waals surface area contributed by atoms with Crippen LogP contribution in [-0.2, 0) is 0 Å². The first kappa shape index (κ1) is 22.2. The third kappa shape index (κ3) is 3.25. The second-order valence-electron chi connectivity index (χ2n) is 10.5. The van der Waals surface area contributed by atoms with Gasteiger partial charge in [0.1, 0.15) is 0 Å². The van der Waals surface area contributed by atoms with Crippen LogP contribution in [0.25, 0.3) is 89.0 Å². The first-order chi connectivity index (χ1) is 20.3. The molecule has 8 aromatic rings. The van der Waals surface area contributed by atoms with E-state index in [1.54, 1.807) is 0 Å². The first-order valence-corrected chi connectivity index (χ1v) is 13.8. The van der Waals surface area contributed by atoms with Gasteiger partial charge in [-0.3, -0.25) is 0 Å². The van der Waals surface area contributed by atoms with Crippen LogP contribution in [0.2, 0.25) is 0 Å². The molecule has 9 rings (SSSR count). The van der Waals surface area contributed by atoms with Gasteiger partial charge in [-0.2, -0.15) is 0 Å². The highest BCUT2D eigenvalue weighted by atomic mass is 15.0. The highest BCUT2D eigenvalue weighted by Gasteiger charge is 2.24. The molecule has 1 aliphatic carbocycles. The molecule has 190 valence electrons. The van der Waals surface area contributed by atoms with Gasteiger partial charge in [-0.25, -0.2) is 15.0 Å². The molecular weight excluding hydrogens is 500 g/mol. The van der Waals surface area contributed by atoms with E-state index >= 15 is 0 Å². The number of aromatic amines is 1. The smallest absolute Gasteiger partial charge is 0.164 e. The number of nitrogens with zero attached hydrogens (tertiary/aromatic N) is 3. The number of fused-ring (bicyclic) bond motifs is 6. The quantitative estimate of drug-likeness (QED) is 0.251. The molecular formula is C37H22N4. The molecule has 1 N–H and O–H groups in total. The molecule has 0 amide bonds. The van der Waals surface area contributed by atoms with E-state index in [4.69, 9.17) is 15.0 Å². The normalized spacial score (nSPS) is 11.9. The number of rotatable bonds is 3. The van der Waals surface area contributed by atoms with Crippen LogP contribution in [0.3, 0.4) is 0 Å². The second kappa shape index (κ2) is 8.44. The summed E-state index contributed by atoms with van der Waals surface area (Å²) in [5.41, 5.74) is 10.2. The van der Waals surface area contributed by atoms with E-state index < -0.39 is 0 Å². The fourth-order valence-electron chi connectivity index (χ4n) is 6.42. The second-order valence-corrected chi connectivity index (χ2v) is 10.5. The van der Waals surface area contributed by atoms with Crippen molar-refractivity contribution < 1.29 is 0 Å².